The second-order valence-corrected chi connectivity index (χ2v) is 3.07. The van der Waals surface area contributed by atoms with Crippen molar-refractivity contribution >= 4 is 17.5 Å². The van der Waals surface area contributed by atoms with Crippen LogP contribution in [0.1, 0.15) is 16.2 Å². The fraction of sp³-hybridized carbons (Fsp3) is 0.375. The largest absolute Gasteiger partial charge is 0.299 e. The molecule has 1 aromatic heterocycles. The van der Waals surface area contributed by atoms with Gasteiger partial charge in [-0.3, -0.25) is 9.63 Å². The third-order valence-electron chi connectivity index (χ3n) is 1.63. The Morgan fingerprint density at radius 2 is 2.21 bits per heavy atom. The molecular formula is C8H10ClN3O2. The average molecular weight is 216 g/mol. The number of carbonyl (C=O) groups excluding carboxylic acids is 1. The number of hydrogen-bond acceptors (Lipinski definition) is 4. The molecule has 76 valence electrons. The van der Waals surface area contributed by atoms with E-state index in [-0.39, 0.29) is 10.7 Å². The summed E-state index contributed by atoms with van der Waals surface area (Å²) in [5.74, 6) is -0.426. The summed E-state index contributed by atoms with van der Waals surface area (Å²) >= 11 is 5.82. The Morgan fingerprint density at radius 3 is 2.71 bits per heavy atom. The van der Waals surface area contributed by atoms with Crippen LogP contribution < -0.4 is 0 Å². The van der Waals surface area contributed by atoms with Gasteiger partial charge in [0.25, 0.3) is 5.91 Å². The quantitative estimate of drug-likeness (QED) is 0.693. The summed E-state index contributed by atoms with van der Waals surface area (Å²) in [4.78, 5) is 16.2. The van der Waals surface area contributed by atoms with E-state index in [2.05, 4.69) is 10.2 Å². The summed E-state index contributed by atoms with van der Waals surface area (Å²) in [6, 6.07) is 1.57. The van der Waals surface area contributed by atoms with Gasteiger partial charge >= 0.3 is 0 Å². The summed E-state index contributed by atoms with van der Waals surface area (Å²) in [6.07, 6.45) is 0. The fourth-order valence-electron chi connectivity index (χ4n) is 0.834. The van der Waals surface area contributed by atoms with Gasteiger partial charge in [0, 0.05) is 7.05 Å². The lowest BCUT2D eigenvalue weighted by Crippen LogP contribution is -2.26. The van der Waals surface area contributed by atoms with Gasteiger partial charge in [-0.25, -0.2) is 5.06 Å². The Hall–Kier alpha value is -1.20. The van der Waals surface area contributed by atoms with Crippen molar-refractivity contribution in [3.63, 3.8) is 0 Å². The van der Waals surface area contributed by atoms with Crippen LogP contribution in [0.4, 0.5) is 0 Å². The van der Waals surface area contributed by atoms with Crippen LogP contribution in [0.5, 0.6) is 0 Å². The van der Waals surface area contributed by atoms with Crippen molar-refractivity contribution in [3.05, 3.63) is 22.5 Å². The van der Waals surface area contributed by atoms with Gasteiger partial charge in [0.1, 0.15) is 0 Å². The molecular weight excluding hydrogens is 206 g/mol. The number of rotatable bonds is 2. The first kappa shape index (κ1) is 10.9. The summed E-state index contributed by atoms with van der Waals surface area (Å²) in [5.41, 5.74) is 0.744. The van der Waals surface area contributed by atoms with Crippen LogP contribution in [0.25, 0.3) is 0 Å². The number of hydroxylamine groups is 2. The van der Waals surface area contributed by atoms with Crippen LogP contribution in [-0.2, 0) is 4.84 Å². The van der Waals surface area contributed by atoms with Crippen molar-refractivity contribution in [3.8, 4) is 0 Å². The molecule has 0 radical (unpaired) electrons. The number of nitrogens with zero attached hydrogens (tertiary/aromatic N) is 3. The number of amides is 1. The molecule has 6 heteroatoms. The summed E-state index contributed by atoms with van der Waals surface area (Å²) in [6.45, 7) is 1.74. The normalized spacial score (nSPS) is 10.0. The zero-order valence-electron chi connectivity index (χ0n) is 8.11. The first-order chi connectivity index (χ1) is 6.56. The average Bonchev–Trinajstić information content (AvgIpc) is 2.15. The van der Waals surface area contributed by atoms with Crippen LogP contribution in [0.15, 0.2) is 6.07 Å². The minimum Gasteiger partial charge on any atom is -0.274 e. The molecule has 0 N–H and O–H groups in total. The summed E-state index contributed by atoms with van der Waals surface area (Å²) in [7, 11) is 2.85. The van der Waals surface area contributed by atoms with E-state index in [1.165, 1.54) is 14.2 Å². The van der Waals surface area contributed by atoms with Gasteiger partial charge in [-0.05, 0) is 13.0 Å². The zero-order chi connectivity index (χ0) is 10.7. The van der Waals surface area contributed by atoms with Crippen molar-refractivity contribution in [2.45, 2.75) is 6.92 Å². The number of carbonyl (C=O) groups is 1. The molecule has 14 heavy (non-hydrogen) atoms. The van der Waals surface area contributed by atoms with E-state index in [1.807, 2.05) is 0 Å². The number of aromatic nitrogens is 2. The smallest absolute Gasteiger partial charge is 0.274 e. The van der Waals surface area contributed by atoms with Crippen LogP contribution in [0.2, 0.25) is 5.02 Å². The highest BCUT2D eigenvalue weighted by molar-refractivity contribution is 6.33. The lowest BCUT2D eigenvalue weighted by molar-refractivity contribution is -0.0761. The molecule has 1 heterocycles. The second kappa shape index (κ2) is 4.34. The minimum absolute atomic E-state index is 0.0848. The molecule has 1 rings (SSSR count). The zero-order valence-corrected chi connectivity index (χ0v) is 8.87. The van der Waals surface area contributed by atoms with Gasteiger partial charge in [0.2, 0.25) is 0 Å². The van der Waals surface area contributed by atoms with E-state index >= 15 is 0 Å². The second-order valence-electron chi connectivity index (χ2n) is 2.67. The highest BCUT2D eigenvalue weighted by atomic mass is 35.5. The topological polar surface area (TPSA) is 55.3 Å². The Bertz CT molecular complexity index is 356. The molecule has 0 unspecified atom stereocenters. The lowest BCUT2D eigenvalue weighted by Gasteiger charge is -2.12. The third-order valence-corrected chi connectivity index (χ3v) is 1.92. The number of halogens is 1. The predicted octanol–water partition coefficient (Wildman–Crippen LogP) is 1.07. The SMILES string of the molecule is CON(C)C(=O)c1nnc(C)cc1Cl. The number of hydrogen-bond donors (Lipinski definition) is 0. The fourth-order valence-corrected chi connectivity index (χ4v) is 1.11. The molecule has 0 aliphatic rings. The van der Waals surface area contributed by atoms with Gasteiger partial charge < -0.3 is 0 Å². The van der Waals surface area contributed by atoms with Crippen molar-refractivity contribution in [2.75, 3.05) is 14.2 Å². The Kier molecular flexibility index (Phi) is 3.38. The number of aryl methyl sites for hydroxylation is 1. The van der Waals surface area contributed by atoms with Gasteiger partial charge in [-0.2, -0.15) is 5.10 Å². The van der Waals surface area contributed by atoms with E-state index in [4.69, 9.17) is 16.4 Å². The van der Waals surface area contributed by atoms with Crippen LogP contribution in [0.3, 0.4) is 0 Å². The highest BCUT2D eigenvalue weighted by Crippen LogP contribution is 2.14. The van der Waals surface area contributed by atoms with Crippen molar-refractivity contribution in [2.24, 2.45) is 0 Å². The van der Waals surface area contributed by atoms with Crippen molar-refractivity contribution < 1.29 is 9.63 Å². The molecule has 1 amide bonds. The van der Waals surface area contributed by atoms with Crippen molar-refractivity contribution in [1.29, 1.82) is 0 Å². The van der Waals surface area contributed by atoms with Crippen LogP contribution in [-0.4, -0.2) is 35.3 Å². The van der Waals surface area contributed by atoms with E-state index < -0.39 is 5.91 Å². The first-order valence-electron chi connectivity index (χ1n) is 3.88. The van der Waals surface area contributed by atoms with Gasteiger partial charge in [-0.15, -0.1) is 5.10 Å². The maximum absolute atomic E-state index is 11.5. The monoisotopic (exact) mass is 215 g/mol. The predicted molar refractivity (Wildman–Crippen MR) is 50.9 cm³/mol. The van der Waals surface area contributed by atoms with E-state index in [1.54, 1.807) is 13.0 Å². The maximum Gasteiger partial charge on any atom is 0.299 e. The van der Waals surface area contributed by atoms with Crippen LogP contribution in [0, 0.1) is 6.92 Å². The Labute approximate surface area is 86.6 Å². The van der Waals surface area contributed by atoms with E-state index in [9.17, 15) is 4.79 Å². The molecule has 0 aliphatic heterocycles. The highest BCUT2D eigenvalue weighted by Gasteiger charge is 2.17. The minimum atomic E-state index is -0.426. The molecule has 0 saturated heterocycles. The summed E-state index contributed by atoms with van der Waals surface area (Å²) < 4.78 is 0. The first-order valence-corrected chi connectivity index (χ1v) is 4.26. The van der Waals surface area contributed by atoms with E-state index in [0.29, 0.717) is 5.69 Å². The molecule has 0 saturated carbocycles. The van der Waals surface area contributed by atoms with Crippen molar-refractivity contribution in [1.82, 2.24) is 15.3 Å². The molecule has 0 aliphatic carbocycles. The van der Waals surface area contributed by atoms with Gasteiger partial charge in [0.15, 0.2) is 5.69 Å². The molecule has 0 aromatic carbocycles. The lowest BCUT2D eigenvalue weighted by atomic mass is 10.3. The maximum atomic E-state index is 11.5. The summed E-state index contributed by atoms with van der Waals surface area (Å²) in [5, 5.41) is 8.74. The van der Waals surface area contributed by atoms with E-state index in [0.717, 1.165) is 5.06 Å². The molecule has 1 aromatic rings. The molecule has 0 bridgehead atoms. The molecule has 0 fully saturated rings. The van der Waals surface area contributed by atoms with Crippen LogP contribution >= 0.6 is 11.6 Å². The molecule has 0 spiro atoms. The van der Waals surface area contributed by atoms with Gasteiger partial charge in [0.05, 0.1) is 17.8 Å². The van der Waals surface area contributed by atoms with Gasteiger partial charge in [-0.1, -0.05) is 11.6 Å². The standard InChI is InChI=1S/C8H10ClN3O2/c1-5-4-6(9)7(11-10-5)8(13)12(2)14-3/h4H,1-3H3. The third kappa shape index (κ3) is 2.18. The Morgan fingerprint density at radius 1 is 1.57 bits per heavy atom. The Balaban J connectivity index is 3.02. The molecule has 5 nitrogen and oxygen atoms in total. The molecule has 0 atom stereocenters.